The number of amides is 1. The molecule has 0 rings (SSSR count). The van der Waals surface area contributed by atoms with Gasteiger partial charge in [0.25, 0.3) is 0 Å². The van der Waals surface area contributed by atoms with E-state index in [1.54, 1.807) is 6.08 Å². The zero-order chi connectivity index (χ0) is 53.4. The average molecular weight is 1030 g/mol. The van der Waals surface area contributed by atoms with Crippen LogP contribution in [0.3, 0.4) is 0 Å². The highest BCUT2D eigenvalue weighted by atomic mass is 16.3. The summed E-state index contributed by atoms with van der Waals surface area (Å²) in [6.07, 6.45) is 95.0. The van der Waals surface area contributed by atoms with Crippen molar-refractivity contribution in [3.63, 3.8) is 0 Å². The van der Waals surface area contributed by atoms with E-state index in [0.717, 1.165) is 64.2 Å². The molecule has 3 N–H and O–H groups in total. The fourth-order valence-corrected chi connectivity index (χ4v) is 9.95. The number of unbranched alkanes of at least 4 members (excludes halogenated alkanes) is 41. The van der Waals surface area contributed by atoms with E-state index in [4.69, 9.17) is 0 Å². The molecule has 430 valence electrons. The minimum absolute atomic E-state index is 0.0615. The molecule has 4 heteroatoms. The van der Waals surface area contributed by atoms with Gasteiger partial charge >= 0.3 is 0 Å². The molecular formula is C70H127NO3. The van der Waals surface area contributed by atoms with Crippen LogP contribution in [0.15, 0.2) is 85.1 Å². The quantitative estimate of drug-likeness (QED) is 0.0420. The molecule has 0 saturated carbocycles. The number of carbonyl (C=O) groups excluding carboxylic acids is 1. The van der Waals surface area contributed by atoms with Gasteiger partial charge in [0.2, 0.25) is 5.91 Å². The van der Waals surface area contributed by atoms with Crippen molar-refractivity contribution in [3.8, 4) is 0 Å². The van der Waals surface area contributed by atoms with E-state index in [9.17, 15) is 15.0 Å². The van der Waals surface area contributed by atoms with Gasteiger partial charge in [-0.2, -0.15) is 0 Å². The molecule has 74 heavy (non-hydrogen) atoms. The third-order valence-corrected chi connectivity index (χ3v) is 14.9. The zero-order valence-electron chi connectivity index (χ0n) is 49.6. The Morgan fingerprint density at radius 2 is 0.595 bits per heavy atom. The van der Waals surface area contributed by atoms with Crippen LogP contribution in [0.2, 0.25) is 0 Å². The molecule has 0 aromatic heterocycles. The van der Waals surface area contributed by atoms with Crippen molar-refractivity contribution < 1.29 is 15.0 Å². The van der Waals surface area contributed by atoms with Gasteiger partial charge in [0.1, 0.15) is 0 Å². The van der Waals surface area contributed by atoms with E-state index < -0.39 is 12.1 Å². The second-order valence-electron chi connectivity index (χ2n) is 22.2. The van der Waals surface area contributed by atoms with Crippen LogP contribution in [0.1, 0.15) is 335 Å². The number of nitrogens with one attached hydrogen (secondary N) is 1. The number of allylic oxidation sites excluding steroid dienone is 13. The fourth-order valence-electron chi connectivity index (χ4n) is 9.95. The van der Waals surface area contributed by atoms with Gasteiger partial charge in [-0.25, -0.2) is 0 Å². The van der Waals surface area contributed by atoms with Gasteiger partial charge in [0.05, 0.1) is 18.8 Å². The van der Waals surface area contributed by atoms with Crippen LogP contribution in [-0.2, 0) is 4.79 Å². The van der Waals surface area contributed by atoms with E-state index in [2.05, 4.69) is 92.1 Å². The summed E-state index contributed by atoms with van der Waals surface area (Å²) in [6.45, 7) is 4.22. The summed E-state index contributed by atoms with van der Waals surface area (Å²) < 4.78 is 0. The Morgan fingerprint density at radius 3 is 0.892 bits per heavy atom. The minimum atomic E-state index is -0.844. The largest absolute Gasteiger partial charge is 0.394 e. The molecule has 0 bridgehead atoms. The van der Waals surface area contributed by atoms with Crippen molar-refractivity contribution in [1.29, 1.82) is 0 Å². The van der Waals surface area contributed by atoms with Crippen LogP contribution in [-0.4, -0.2) is 34.9 Å². The van der Waals surface area contributed by atoms with E-state index in [1.165, 1.54) is 250 Å². The fraction of sp³-hybridized carbons (Fsp3) is 0.786. The summed E-state index contributed by atoms with van der Waals surface area (Å²) in [5.74, 6) is -0.0615. The molecule has 0 aromatic carbocycles. The summed E-state index contributed by atoms with van der Waals surface area (Å²) in [6, 6.07) is -0.627. The molecule has 2 unspecified atom stereocenters. The molecule has 0 aliphatic rings. The summed E-state index contributed by atoms with van der Waals surface area (Å²) in [7, 11) is 0. The Morgan fingerprint density at radius 1 is 0.338 bits per heavy atom. The van der Waals surface area contributed by atoms with Gasteiger partial charge < -0.3 is 15.5 Å². The van der Waals surface area contributed by atoms with Crippen LogP contribution in [0.25, 0.3) is 0 Å². The summed E-state index contributed by atoms with van der Waals surface area (Å²) in [4.78, 5) is 12.5. The molecule has 0 saturated heterocycles. The topological polar surface area (TPSA) is 69.6 Å². The van der Waals surface area contributed by atoms with E-state index >= 15 is 0 Å². The summed E-state index contributed by atoms with van der Waals surface area (Å²) in [5, 5.41) is 23.3. The Kier molecular flexibility index (Phi) is 62.7. The molecule has 0 aliphatic carbocycles. The first kappa shape index (κ1) is 71.6. The number of aliphatic hydroxyl groups excluding tert-OH is 2. The van der Waals surface area contributed by atoms with E-state index in [0.29, 0.717) is 6.42 Å². The number of hydrogen-bond acceptors (Lipinski definition) is 3. The molecule has 2 atom stereocenters. The van der Waals surface area contributed by atoms with Crippen molar-refractivity contribution in [2.24, 2.45) is 0 Å². The number of aliphatic hydroxyl groups is 2. The van der Waals surface area contributed by atoms with Gasteiger partial charge in [-0.1, -0.05) is 343 Å². The third kappa shape index (κ3) is 60.4. The van der Waals surface area contributed by atoms with Gasteiger partial charge in [0.15, 0.2) is 0 Å². The first-order chi connectivity index (χ1) is 36.7. The molecule has 4 nitrogen and oxygen atoms in total. The second-order valence-corrected chi connectivity index (χ2v) is 22.2. The van der Waals surface area contributed by atoms with Crippen LogP contribution >= 0.6 is 0 Å². The first-order valence-corrected chi connectivity index (χ1v) is 32.8. The maximum atomic E-state index is 12.5. The van der Waals surface area contributed by atoms with Crippen LogP contribution in [0, 0.1) is 0 Å². The molecule has 0 heterocycles. The van der Waals surface area contributed by atoms with Crippen molar-refractivity contribution in [3.05, 3.63) is 85.1 Å². The molecule has 0 aliphatic heterocycles. The lowest BCUT2D eigenvalue weighted by molar-refractivity contribution is -0.123. The Balaban J connectivity index is 3.48. The molecule has 0 radical (unpaired) electrons. The SMILES string of the molecule is CC/C=C\C/C=C\C/C=C\C/C=C\C/C=C\C/C=C\CCCCCCCCCCCCCCCCCCC(=O)NC(CO)C(O)/C=C/CCCCCCCCCCCCCCCCCCCCCCCCCCC. The van der Waals surface area contributed by atoms with E-state index in [-0.39, 0.29) is 12.5 Å². The van der Waals surface area contributed by atoms with Crippen molar-refractivity contribution in [2.45, 2.75) is 347 Å². The number of hydrogen-bond donors (Lipinski definition) is 3. The normalized spacial score (nSPS) is 13.3. The molecule has 1 amide bonds. The first-order valence-electron chi connectivity index (χ1n) is 32.8. The van der Waals surface area contributed by atoms with Crippen LogP contribution in [0.4, 0.5) is 0 Å². The summed E-state index contributed by atoms with van der Waals surface area (Å²) in [5.41, 5.74) is 0. The molecular weight excluding hydrogens is 903 g/mol. The van der Waals surface area contributed by atoms with Gasteiger partial charge in [-0.05, 0) is 70.6 Å². The Labute approximate surface area is 462 Å². The second kappa shape index (κ2) is 64.9. The predicted molar refractivity (Wildman–Crippen MR) is 331 cm³/mol. The van der Waals surface area contributed by atoms with Crippen molar-refractivity contribution in [1.82, 2.24) is 5.32 Å². The average Bonchev–Trinajstić information content (AvgIpc) is 3.40. The Hall–Kier alpha value is -2.43. The predicted octanol–water partition coefficient (Wildman–Crippen LogP) is 22.3. The lowest BCUT2D eigenvalue weighted by Crippen LogP contribution is -2.45. The lowest BCUT2D eigenvalue weighted by atomic mass is 10.0. The highest BCUT2D eigenvalue weighted by Crippen LogP contribution is 2.18. The highest BCUT2D eigenvalue weighted by molar-refractivity contribution is 5.76. The van der Waals surface area contributed by atoms with E-state index in [1.807, 2.05) is 6.08 Å². The monoisotopic (exact) mass is 1030 g/mol. The maximum Gasteiger partial charge on any atom is 0.220 e. The molecule has 0 aromatic rings. The molecule has 0 spiro atoms. The van der Waals surface area contributed by atoms with Crippen molar-refractivity contribution >= 4 is 5.91 Å². The standard InChI is InChI=1S/C70H127NO3/c1-3-5-7-9-11-13-15-17-19-21-23-25-27-29-31-32-33-34-35-36-37-38-40-42-44-46-48-50-52-54-56-58-60-62-64-66-70(74)71-68(67-72)69(73)65-63-61-59-57-55-53-51-49-47-45-43-41-39-30-28-26-24-22-20-18-16-14-12-10-8-6-4-2/h5,7,11,13,17,19,23,25,29,31,33-34,63,65,68-69,72-73H,3-4,6,8-10,12,14-16,18,20-22,24,26-28,30,32,35-62,64,66-67H2,1-2H3,(H,71,74)/b7-5-,13-11-,19-17-,25-23-,31-29-,34-33-,65-63+. The molecule has 0 fully saturated rings. The maximum absolute atomic E-state index is 12.5. The Bertz CT molecular complexity index is 1310. The van der Waals surface area contributed by atoms with Crippen molar-refractivity contribution in [2.75, 3.05) is 6.61 Å². The zero-order valence-corrected chi connectivity index (χ0v) is 49.6. The lowest BCUT2D eigenvalue weighted by Gasteiger charge is -2.20. The van der Waals surface area contributed by atoms with Gasteiger partial charge in [-0.15, -0.1) is 0 Å². The van der Waals surface area contributed by atoms with Gasteiger partial charge in [0, 0.05) is 6.42 Å². The third-order valence-electron chi connectivity index (χ3n) is 14.9. The minimum Gasteiger partial charge on any atom is -0.394 e. The van der Waals surface area contributed by atoms with Crippen LogP contribution < -0.4 is 5.32 Å². The summed E-state index contributed by atoms with van der Waals surface area (Å²) >= 11 is 0. The van der Waals surface area contributed by atoms with Gasteiger partial charge in [-0.3, -0.25) is 4.79 Å². The highest BCUT2D eigenvalue weighted by Gasteiger charge is 2.18. The number of rotatable bonds is 60. The van der Waals surface area contributed by atoms with Crippen LogP contribution in [0.5, 0.6) is 0 Å². The smallest absolute Gasteiger partial charge is 0.220 e. The number of carbonyl (C=O) groups is 1.